The van der Waals surface area contributed by atoms with Gasteiger partial charge in [-0.2, -0.15) is 0 Å². The Morgan fingerprint density at radius 2 is 2.33 bits per heavy atom. The highest BCUT2D eigenvalue weighted by molar-refractivity contribution is 5.73. The number of alkyl halides is 1. The average molecular weight is 212 g/mol. The van der Waals surface area contributed by atoms with Crippen molar-refractivity contribution >= 4 is 5.97 Å². The van der Waals surface area contributed by atoms with Crippen LogP contribution in [0.25, 0.3) is 0 Å². The van der Waals surface area contributed by atoms with Gasteiger partial charge in [0.2, 0.25) is 0 Å². The lowest BCUT2D eigenvalue weighted by Gasteiger charge is -2.05. The van der Waals surface area contributed by atoms with Crippen molar-refractivity contribution in [2.75, 3.05) is 6.67 Å². The van der Waals surface area contributed by atoms with Gasteiger partial charge in [-0.05, 0) is 11.6 Å². The third kappa shape index (κ3) is 3.63. The highest BCUT2D eigenvalue weighted by Crippen LogP contribution is 2.03. The number of nitrogens with two attached hydrogens (primary N) is 1. The summed E-state index contributed by atoms with van der Waals surface area (Å²) in [6, 6.07) is 2.47. The van der Waals surface area contributed by atoms with Crippen molar-refractivity contribution in [2.24, 2.45) is 5.73 Å². The number of aryl methyl sites for hydroxylation is 1. The van der Waals surface area contributed by atoms with Gasteiger partial charge in [-0.1, -0.05) is 6.07 Å². The molecule has 3 N–H and O–H groups in total. The van der Waals surface area contributed by atoms with Gasteiger partial charge in [0.1, 0.15) is 6.04 Å². The van der Waals surface area contributed by atoms with E-state index in [1.165, 1.54) is 0 Å². The summed E-state index contributed by atoms with van der Waals surface area (Å²) in [6.07, 6.45) is 2.06. The molecule has 15 heavy (non-hydrogen) atoms. The fourth-order valence-electron chi connectivity index (χ4n) is 1.15. The summed E-state index contributed by atoms with van der Waals surface area (Å²) in [5.41, 5.74) is 6.75. The zero-order valence-electron chi connectivity index (χ0n) is 8.19. The number of hydrogen-bond donors (Lipinski definition) is 2. The number of carboxylic acid groups (broad SMARTS) is 1. The summed E-state index contributed by atoms with van der Waals surface area (Å²) in [5.74, 6) is -1.05. The lowest BCUT2D eigenvalue weighted by Crippen LogP contribution is -2.32. The Morgan fingerprint density at radius 1 is 1.60 bits per heavy atom. The largest absolute Gasteiger partial charge is 0.480 e. The van der Waals surface area contributed by atoms with Gasteiger partial charge < -0.3 is 10.8 Å². The zero-order valence-corrected chi connectivity index (χ0v) is 8.19. The maximum absolute atomic E-state index is 12.0. The molecule has 0 bridgehead atoms. The minimum atomic E-state index is -1.05. The van der Waals surface area contributed by atoms with E-state index >= 15 is 0 Å². The molecule has 1 heterocycles. The molecule has 0 saturated heterocycles. The molecule has 0 radical (unpaired) electrons. The Hall–Kier alpha value is -1.49. The summed E-state index contributed by atoms with van der Waals surface area (Å²) >= 11 is 0. The van der Waals surface area contributed by atoms with Gasteiger partial charge in [-0.25, -0.2) is 0 Å². The average Bonchev–Trinajstić information content (AvgIpc) is 2.21. The molecule has 0 saturated carbocycles. The third-order valence-electron chi connectivity index (χ3n) is 2.02. The van der Waals surface area contributed by atoms with Crippen LogP contribution in [0.1, 0.15) is 11.3 Å². The Labute approximate surface area is 86.9 Å². The van der Waals surface area contributed by atoms with E-state index in [4.69, 9.17) is 10.8 Å². The Bertz CT molecular complexity index is 327. The Balaban J connectivity index is 2.60. The van der Waals surface area contributed by atoms with E-state index in [0.29, 0.717) is 12.1 Å². The zero-order chi connectivity index (χ0) is 11.3. The fourth-order valence-corrected chi connectivity index (χ4v) is 1.15. The number of carboxylic acids is 1. The molecule has 0 amide bonds. The second-order valence-corrected chi connectivity index (χ2v) is 3.25. The van der Waals surface area contributed by atoms with E-state index in [1.807, 2.05) is 0 Å². The fraction of sp³-hybridized carbons (Fsp3) is 0.400. The van der Waals surface area contributed by atoms with Gasteiger partial charge in [0, 0.05) is 24.7 Å². The monoisotopic (exact) mass is 212 g/mol. The van der Waals surface area contributed by atoms with Crippen LogP contribution in [0, 0.1) is 0 Å². The normalized spacial score (nSPS) is 12.4. The number of halogens is 1. The number of carbonyl (C=O) groups is 1. The molecule has 0 spiro atoms. The number of pyridine rings is 1. The quantitative estimate of drug-likeness (QED) is 0.747. The minimum Gasteiger partial charge on any atom is -0.480 e. The smallest absolute Gasteiger partial charge is 0.320 e. The molecule has 4 nitrogen and oxygen atoms in total. The standard InChI is InChI=1S/C10H13FN2O2/c11-4-3-7-1-2-8(13-6-7)5-9(12)10(14)15/h1-2,6,9H,3-5,12H2,(H,14,15). The number of aliphatic carboxylic acids is 1. The van der Waals surface area contributed by atoms with E-state index < -0.39 is 18.7 Å². The maximum atomic E-state index is 12.0. The first-order chi connectivity index (χ1) is 7.13. The van der Waals surface area contributed by atoms with Crippen LogP contribution in [0.5, 0.6) is 0 Å². The van der Waals surface area contributed by atoms with Crippen LogP contribution < -0.4 is 5.73 Å². The second kappa shape index (κ2) is 5.41. The Kier molecular flexibility index (Phi) is 4.17. The van der Waals surface area contributed by atoms with Gasteiger partial charge in [-0.3, -0.25) is 14.2 Å². The molecule has 5 heteroatoms. The predicted octanol–water partition coefficient (Wildman–Crippen LogP) is 0.548. The highest BCUT2D eigenvalue weighted by atomic mass is 19.1. The van der Waals surface area contributed by atoms with Crippen LogP contribution in [-0.2, 0) is 17.6 Å². The molecule has 1 aromatic rings. The lowest BCUT2D eigenvalue weighted by molar-refractivity contribution is -0.138. The number of rotatable bonds is 5. The van der Waals surface area contributed by atoms with Crippen molar-refractivity contribution in [3.63, 3.8) is 0 Å². The number of hydrogen-bond acceptors (Lipinski definition) is 3. The van der Waals surface area contributed by atoms with Gasteiger partial charge in [0.05, 0.1) is 6.67 Å². The summed E-state index contributed by atoms with van der Waals surface area (Å²) in [5, 5.41) is 8.58. The molecule has 1 atom stereocenters. The van der Waals surface area contributed by atoms with Crippen LogP contribution in [0.15, 0.2) is 18.3 Å². The molecular weight excluding hydrogens is 199 g/mol. The van der Waals surface area contributed by atoms with Crippen molar-refractivity contribution in [3.05, 3.63) is 29.6 Å². The van der Waals surface area contributed by atoms with Crippen molar-refractivity contribution in [3.8, 4) is 0 Å². The van der Waals surface area contributed by atoms with E-state index in [-0.39, 0.29) is 6.42 Å². The Morgan fingerprint density at radius 3 is 2.80 bits per heavy atom. The molecule has 0 fully saturated rings. The van der Waals surface area contributed by atoms with E-state index in [1.54, 1.807) is 18.3 Å². The predicted molar refractivity (Wildman–Crippen MR) is 53.2 cm³/mol. The molecule has 0 aliphatic rings. The molecule has 0 aliphatic carbocycles. The van der Waals surface area contributed by atoms with Crippen molar-refractivity contribution in [2.45, 2.75) is 18.9 Å². The molecular formula is C10H13FN2O2. The maximum Gasteiger partial charge on any atom is 0.320 e. The molecule has 0 aliphatic heterocycles. The summed E-state index contributed by atoms with van der Waals surface area (Å²) in [4.78, 5) is 14.5. The van der Waals surface area contributed by atoms with Crippen LogP contribution in [-0.4, -0.2) is 28.8 Å². The first-order valence-corrected chi connectivity index (χ1v) is 4.61. The van der Waals surface area contributed by atoms with Crippen LogP contribution >= 0.6 is 0 Å². The van der Waals surface area contributed by atoms with Gasteiger partial charge in [-0.15, -0.1) is 0 Å². The van der Waals surface area contributed by atoms with Crippen molar-refractivity contribution in [1.29, 1.82) is 0 Å². The van der Waals surface area contributed by atoms with E-state index in [2.05, 4.69) is 4.98 Å². The number of nitrogens with zero attached hydrogens (tertiary/aromatic N) is 1. The molecule has 82 valence electrons. The van der Waals surface area contributed by atoms with E-state index in [0.717, 1.165) is 5.56 Å². The number of aromatic nitrogens is 1. The molecule has 1 aromatic heterocycles. The second-order valence-electron chi connectivity index (χ2n) is 3.25. The van der Waals surface area contributed by atoms with Crippen molar-refractivity contribution in [1.82, 2.24) is 4.98 Å². The van der Waals surface area contributed by atoms with Gasteiger partial charge >= 0.3 is 5.97 Å². The highest BCUT2D eigenvalue weighted by Gasteiger charge is 2.12. The van der Waals surface area contributed by atoms with Crippen molar-refractivity contribution < 1.29 is 14.3 Å². The summed E-state index contributed by atoms with van der Waals surface area (Å²) in [6.45, 7) is -0.421. The van der Waals surface area contributed by atoms with Crippen LogP contribution in [0.3, 0.4) is 0 Å². The minimum absolute atomic E-state index is 0.186. The van der Waals surface area contributed by atoms with Crippen LogP contribution in [0.2, 0.25) is 0 Å². The molecule has 0 aromatic carbocycles. The van der Waals surface area contributed by atoms with Gasteiger partial charge in [0.15, 0.2) is 0 Å². The molecule has 1 unspecified atom stereocenters. The molecule has 1 rings (SSSR count). The summed E-state index contributed by atoms with van der Waals surface area (Å²) < 4.78 is 12.0. The first-order valence-electron chi connectivity index (χ1n) is 4.61. The van der Waals surface area contributed by atoms with E-state index in [9.17, 15) is 9.18 Å². The summed E-state index contributed by atoms with van der Waals surface area (Å²) in [7, 11) is 0. The topological polar surface area (TPSA) is 76.2 Å². The lowest BCUT2D eigenvalue weighted by atomic mass is 10.1. The van der Waals surface area contributed by atoms with Gasteiger partial charge in [0.25, 0.3) is 0 Å². The third-order valence-corrected chi connectivity index (χ3v) is 2.02. The van der Waals surface area contributed by atoms with Crippen LogP contribution in [0.4, 0.5) is 4.39 Å². The SMILES string of the molecule is NC(Cc1ccc(CCF)cn1)C(=O)O. The first kappa shape index (κ1) is 11.6.